The second-order valence-electron chi connectivity index (χ2n) is 3.31. The van der Waals surface area contributed by atoms with Crippen LogP contribution in [0.15, 0.2) is 0 Å². The standard InChI is InChI=1S/C8H11ClF2O2/c1-13-6(12)7(9)2-4-8(10,11)5-3-7/h2-5H2,1H3. The predicted molar refractivity (Wildman–Crippen MR) is 44.0 cm³/mol. The van der Waals surface area contributed by atoms with Crippen molar-refractivity contribution in [1.29, 1.82) is 0 Å². The highest BCUT2D eigenvalue weighted by Crippen LogP contribution is 2.42. The molecule has 2 nitrogen and oxygen atoms in total. The number of hydrogen-bond acceptors (Lipinski definition) is 2. The number of carbonyl (C=O) groups is 1. The summed E-state index contributed by atoms with van der Waals surface area (Å²) in [5.74, 6) is -3.28. The third-order valence-corrected chi connectivity index (χ3v) is 2.86. The molecule has 1 aliphatic rings. The second kappa shape index (κ2) is 3.40. The Bertz CT molecular complexity index is 208. The topological polar surface area (TPSA) is 26.3 Å². The second-order valence-corrected chi connectivity index (χ2v) is 4.04. The zero-order valence-electron chi connectivity index (χ0n) is 7.28. The maximum absolute atomic E-state index is 12.7. The van der Waals surface area contributed by atoms with Gasteiger partial charge >= 0.3 is 5.97 Å². The molecule has 13 heavy (non-hydrogen) atoms. The number of alkyl halides is 3. The molecule has 0 aromatic heterocycles. The van der Waals surface area contributed by atoms with Gasteiger partial charge in [0, 0.05) is 12.8 Å². The van der Waals surface area contributed by atoms with Crippen LogP contribution in [-0.2, 0) is 9.53 Å². The molecule has 1 saturated carbocycles. The summed E-state index contributed by atoms with van der Waals surface area (Å²) in [7, 11) is 1.21. The molecule has 0 atom stereocenters. The molecule has 76 valence electrons. The molecule has 0 N–H and O–H groups in total. The molecule has 1 fully saturated rings. The Balaban J connectivity index is 2.61. The van der Waals surface area contributed by atoms with Gasteiger partial charge in [0.2, 0.25) is 5.92 Å². The lowest BCUT2D eigenvalue weighted by Crippen LogP contribution is -2.41. The lowest BCUT2D eigenvalue weighted by atomic mass is 9.86. The molecule has 0 bridgehead atoms. The Labute approximate surface area is 80.2 Å². The smallest absolute Gasteiger partial charge is 0.326 e. The fourth-order valence-corrected chi connectivity index (χ4v) is 1.67. The van der Waals surface area contributed by atoms with Crippen LogP contribution in [0.1, 0.15) is 25.7 Å². The minimum absolute atomic E-state index is 0.0196. The Hall–Kier alpha value is -0.380. The van der Waals surface area contributed by atoms with E-state index >= 15 is 0 Å². The maximum Gasteiger partial charge on any atom is 0.326 e. The molecule has 1 rings (SSSR count). The van der Waals surface area contributed by atoms with Crippen molar-refractivity contribution in [3.63, 3.8) is 0 Å². The Kier molecular flexibility index (Phi) is 2.80. The van der Waals surface area contributed by atoms with Crippen LogP contribution in [0.25, 0.3) is 0 Å². The first kappa shape index (κ1) is 10.7. The average Bonchev–Trinajstić information content (AvgIpc) is 2.09. The lowest BCUT2D eigenvalue weighted by Gasteiger charge is -2.32. The lowest BCUT2D eigenvalue weighted by molar-refractivity contribution is -0.147. The van der Waals surface area contributed by atoms with E-state index in [1.807, 2.05) is 0 Å². The first-order valence-corrected chi connectivity index (χ1v) is 4.43. The summed E-state index contributed by atoms with van der Waals surface area (Å²) < 4.78 is 29.9. The molecular formula is C8H11ClF2O2. The van der Waals surface area contributed by atoms with E-state index in [4.69, 9.17) is 11.6 Å². The van der Waals surface area contributed by atoms with Crippen molar-refractivity contribution in [2.45, 2.75) is 36.5 Å². The van der Waals surface area contributed by atoms with Crippen molar-refractivity contribution in [3.05, 3.63) is 0 Å². The fraction of sp³-hybridized carbons (Fsp3) is 0.875. The van der Waals surface area contributed by atoms with E-state index in [0.29, 0.717) is 0 Å². The molecule has 0 spiro atoms. The normalized spacial score (nSPS) is 25.2. The van der Waals surface area contributed by atoms with Crippen molar-refractivity contribution < 1.29 is 18.3 Å². The summed E-state index contributed by atoms with van der Waals surface area (Å²) in [6, 6.07) is 0. The molecule has 0 radical (unpaired) electrons. The van der Waals surface area contributed by atoms with E-state index < -0.39 is 16.8 Å². The van der Waals surface area contributed by atoms with E-state index in [2.05, 4.69) is 4.74 Å². The van der Waals surface area contributed by atoms with E-state index in [1.54, 1.807) is 0 Å². The van der Waals surface area contributed by atoms with Gasteiger partial charge in [0.1, 0.15) is 4.87 Å². The average molecular weight is 213 g/mol. The van der Waals surface area contributed by atoms with Gasteiger partial charge in [0.05, 0.1) is 7.11 Å². The van der Waals surface area contributed by atoms with E-state index in [-0.39, 0.29) is 25.7 Å². The summed E-state index contributed by atoms with van der Waals surface area (Å²) in [5, 5.41) is 0. The van der Waals surface area contributed by atoms with Gasteiger partial charge in [0.25, 0.3) is 0 Å². The zero-order chi connectivity index (χ0) is 10.1. The van der Waals surface area contributed by atoms with Crippen LogP contribution in [0, 0.1) is 0 Å². The quantitative estimate of drug-likeness (QED) is 0.493. The molecule has 0 saturated heterocycles. The largest absolute Gasteiger partial charge is 0.468 e. The maximum atomic E-state index is 12.7. The molecule has 0 aromatic carbocycles. The van der Waals surface area contributed by atoms with E-state index in [0.717, 1.165) is 0 Å². The van der Waals surface area contributed by atoms with Gasteiger partial charge < -0.3 is 4.74 Å². The van der Waals surface area contributed by atoms with Gasteiger partial charge in [-0.2, -0.15) is 0 Å². The summed E-state index contributed by atoms with van der Waals surface area (Å²) >= 11 is 5.85. The van der Waals surface area contributed by atoms with Crippen molar-refractivity contribution in [2.75, 3.05) is 7.11 Å². The molecule has 0 heterocycles. The van der Waals surface area contributed by atoms with Gasteiger partial charge in [-0.25, -0.2) is 8.78 Å². The van der Waals surface area contributed by atoms with Crippen LogP contribution in [0.3, 0.4) is 0 Å². The van der Waals surface area contributed by atoms with Crippen LogP contribution in [0.2, 0.25) is 0 Å². The van der Waals surface area contributed by atoms with Gasteiger partial charge in [-0.05, 0) is 12.8 Å². The highest BCUT2D eigenvalue weighted by molar-refractivity contribution is 6.34. The fourth-order valence-electron chi connectivity index (χ4n) is 1.40. The monoisotopic (exact) mass is 212 g/mol. The first-order valence-electron chi connectivity index (χ1n) is 4.05. The molecule has 0 amide bonds. The molecule has 1 aliphatic carbocycles. The highest BCUT2D eigenvalue weighted by atomic mass is 35.5. The summed E-state index contributed by atoms with van der Waals surface area (Å²) in [4.78, 5) is 9.87. The number of hydrogen-bond donors (Lipinski definition) is 0. The Morgan fingerprint density at radius 1 is 1.31 bits per heavy atom. The number of methoxy groups -OCH3 is 1. The zero-order valence-corrected chi connectivity index (χ0v) is 8.03. The van der Waals surface area contributed by atoms with Gasteiger partial charge in [-0.15, -0.1) is 11.6 Å². The van der Waals surface area contributed by atoms with Crippen LogP contribution < -0.4 is 0 Å². The third kappa shape index (κ3) is 2.30. The molecule has 5 heteroatoms. The van der Waals surface area contributed by atoms with Gasteiger partial charge in [0.15, 0.2) is 0 Å². The summed E-state index contributed by atoms with van der Waals surface area (Å²) in [6.07, 6.45) is -0.723. The van der Waals surface area contributed by atoms with Gasteiger partial charge in [-0.3, -0.25) is 4.79 Å². The van der Waals surface area contributed by atoms with Crippen LogP contribution >= 0.6 is 11.6 Å². The summed E-state index contributed by atoms with van der Waals surface area (Å²) in [5.41, 5.74) is 0. The Morgan fingerprint density at radius 3 is 2.15 bits per heavy atom. The number of rotatable bonds is 1. The van der Waals surface area contributed by atoms with E-state index in [1.165, 1.54) is 7.11 Å². The van der Waals surface area contributed by atoms with Crippen LogP contribution in [0.4, 0.5) is 8.78 Å². The minimum atomic E-state index is -2.67. The van der Waals surface area contributed by atoms with Crippen molar-refractivity contribution in [3.8, 4) is 0 Å². The predicted octanol–water partition coefficient (Wildman–Crippen LogP) is 2.35. The van der Waals surface area contributed by atoms with E-state index in [9.17, 15) is 13.6 Å². The van der Waals surface area contributed by atoms with Crippen LogP contribution in [-0.4, -0.2) is 23.9 Å². The third-order valence-electron chi connectivity index (χ3n) is 2.33. The SMILES string of the molecule is COC(=O)C1(Cl)CCC(F)(F)CC1. The molecule has 0 unspecified atom stereocenters. The minimum Gasteiger partial charge on any atom is -0.468 e. The Morgan fingerprint density at radius 2 is 1.77 bits per heavy atom. The number of carbonyl (C=O) groups excluding carboxylic acids is 1. The molecule has 0 aliphatic heterocycles. The number of esters is 1. The summed E-state index contributed by atoms with van der Waals surface area (Å²) in [6.45, 7) is 0. The number of halogens is 3. The highest BCUT2D eigenvalue weighted by Gasteiger charge is 2.47. The molecular weight excluding hydrogens is 202 g/mol. The van der Waals surface area contributed by atoms with Crippen molar-refractivity contribution in [2.24, 2.45) is 0 Å². The molecule has 0 aromatic rings. The van der Waals surface area contributed by atoms with Crippen LogP contribution in [0.5, 0.6) is 0 Å². The van der Waals surface area contributed by atoms with Crippen molar-refractivity contribution in [1.82, 2.24) is 0 Å². The van der Waals surface area contributed by atoms with Gasteiger partial charge in [-0.1, -0.05) is 0 Å². The number of ether oxygens (including phenoxy) is 1. The first-order chi connectivity index (χ1) is 5.90. The van der Waals surface area contributed by atoms with Crippen molar-refractivity contribution >= 4 is 17.6 Å².